The number of anilines is 3. The van der Waals surface area contributed by atoms with Crippen LogP contribution in [0.15, 0.2) is 215 Å². The van der Waals surface area contributed by atoms with Crippen molar-refractivity contribution >= 4 is 71.8 Å². The SMILES string of the molecule is c1ccc2cc(N(c3ccc(-c4ccc(-n5c6ccccc6c6cc(-c7nc8ccccc8o7)ccc65)cc4)cc3)c3ccc(-c4nc5ccccc5o4)cc3)ccc2c1. The summed E-state index contributed by atoms with van der Waals surface area (Å²) in [6.07, 6.45) is 0. The first kappa shape index (κ1) is 33.9. The molecule has 0 radical (unpaired) electrons. The molecule has 0 saturated carbocycles. The van der Waals surface area contributed by atoms with Gasteiger partial charge >= 0.3 is 0 Å². The van der Waals surface area contributed by atoms with Crippen LogP contribution in [0.1, 0.15) is 0 Å². The van der Waals surface area contributed by atoms with Crippen LogP contribution in [0.3, 0.4) is 0 Å². The van der Waals surface area contributed by atoms with Crippen molar-refractivity contribution in [3.05, 3.63) is 206 Å². The van der Waals surface area contributed by atoms with E-state index in [0.717, 1.165) is 83.6 Å². The van der Waals surface area contributed by atoms with E-state index in [1.807, 2.05) is 48.5 Å². The van der Waals surface area contributed by atoms with Crippen molar-refractivity contribution in [2.45, 2.75) is 0 Å². The van der Waals surface area contributed by atoms with Gasteiger partial charge in [0.15, 0.2) is 11.2 Å². The van der Waals surface area contributed by atoms with Crippen LogP contribution in [0.2, 0.25) is 0 Å². The smallest absolute Gasteiger partial charge is 0.227 e. The molecule has 0 fully saturated rings. The van der Waals surface area contributed by atoms with Gasteiger partial charge in [-0.2, -0.15) is 0 Å². The Bertz CT molecular complexity index is 3480. The molecule has 0 aliphatic heterocycles. The molecule has 282 valence electrons. The zero-order chi connectivity index (χ0) is 39.6. The Balaban J connectivity index is 0.879. The highest BCUT2D eigenvalue weighted by Gasteiger charge is 2.18. The van der Waals surface area contributed by atoms with Crippen LogP contribution in [0.4, 0.5) is 17.1 Å². The fraction of sp³-hybridized carbons (Fsp3) is 0. The summed E-state index contributed by atoms with van der Waals surface area (Å²) in [6.45, 7) is 0. The van der Waals surface area contributed by atoms with Gasteiger partial charge in [0.25, 0.3) is 0 Å². The second-order valence-electron chi connectivity index (χ2n) is 15.1. The van der Waals surface area contributed by atoms with E-state index in [0.29, 0.717) is 11.8 Å². The molecule has 0 N–H and O–H groups in total. The van der Waals surface area contributed by atoms with Gasteiger partial charge in [-0.3, -0.25) is 0 Å². The van der Waals surface area contributed by atoms with E-state index < -0.39 is 0 Å². The van der Waals surface area contributed by atoms with Crippen molar-refractivity contribution in [1.29, 1.82) is 0 Å². The monoisotopic (exact) mass is 770 g/mol. The number of para-hydroxylation sites is 5. The topological polar surface area (TPSA) is 60.2 Å². The summed E-state index contributed by atoms with van der Waals surface area (Å²) in [4.78, 5) is 11.8. The normalized spacial score (nSPS) is 11.7. The van der Waals surface area contributed by atoms with Gasteiger partial charge in [-0.15, -0.1) is 0 Å². The van der Waals surface area contributed by atoms with Crippen LogP contribution >= 0.6 is 0 Å². The van der Waals surface area contributed by atoms with Crippen LogP contribution in [-0.4, -0.2) is 14.5 Å². The second kappa shape index (κ2) is 13.7. The number of hydrogen-bond donors (Lipinski definition) is 0. The molecule has 9 aromatic carbocycles. The number of benzene rings is 9. The Kier molecular flexibility index (Phi) is 7.74. The van der Waals surface area contributed by atoms with Gasteiger partial charge < -0.3 is 18.3 Å². The predicted molar refractivity (Wildman–Crippen MR) is 244 cm³/mol. The largest absolute Gasteiger partial charge is 0.436 e. The molecule has 0 spiro atoms. The first-order valence-electron chi connectivity index (χ1n) is 20.1. The highest BCUT2D eigenvalue weighted by atomic mass is 16.4. The lowest BCUT2D eigenvalue weighted by Crippen LogP contribution is -2.09. The van der Waals surface area contributed by atoms with Crippen molar-refractivity contribution in [1.82, 2.24) is 14.5 Å². The molecule has 0 amide bonds. The Labute approximate surface area is 344 Å². The lowest BCUT2D eigenvalue weighted by atomic mass is 10.0. The number of hydrogen-bond acceptors (Lipinski definition) is 5. The van der Waals surface area contributed by atoms with Crippen LogP contribution in [0.5, 0.6) is 0 Å². The van der Waals surface area contributed by atoms with Crippen molar-refractivity contribution < 1.29 is 8.83 Å². The Hall–Kier alpha value is -8.22. The fourth-order valence-corrected chi connectivity index (χ4v) is 8.50. The first-order valence-corrected chi connectivity index (χ1v) is 20.1. The van der Waals surface area contributed by atoms with Crippen molar-refractivity contribution in [3.8, 4) is 39.7 Å². The van der Waals surface area contributed by atoms with E-state index in [9.17, 15) is 0 Å². The molecule has 3 aromatic heterocycles. The summed E-state index contributed by atoms with van der Waals surface area (Å²) in [5.41, 5.74) is 14.0. The van der Waals surface area contributed by atoms with E-state index in [1.54, 1.807) is 0 Å². The standard InChI is InChI=1S/C54H34N4O2/c1-2-10-39-33-44(31-21-35(39)9-1)57(42-29-22-38(23-30-42)53-55-47-12-4-7-15-51(47)59-53)41-25-17-36(18-26-41)37-19-27-43(28-20-37)58-49-14-6-3-11-45(49)46-34-40(24-32-50(46)58)54-56-48-13-5-8-16-52(48)60-54/h1-34H. The number of aromatic nitrogens is 3. The zero-order valence-electron chi connectivity index (χ0n) is 32.2. The van der Waals surface area contributed by atoms with E-state index in [4.69, 9.17) is 18.8 Å². The molecule has 6 heteroatoms. The second-order valence-corrected chi connectivity index (χ2v) is 15.1. The summed E-state index contributed by atoms with van der Waals surface area (Å²) in [5, 5.41) is 4.73. The van der Waals surface area contributed by atoms with E-state index >= 15 is 0 Å². The molecule has 0 aliphatic rings. The lowest BCUT2D eigenvalue weighted by molar-refractivity contribution is 0.619. The average molecular weight is 771 g/mol. The summed E-state index contributed by atoms with van der Waals surface area (Å²) < 4.78 is 14.6. The minimum Gasteiger partial charge on any atom is -0.436 e. The van der Waals surface area contributed by atoms with Gasteiger partial charge in [-0.1, -0.05) is 97.1 Å². The maximum Gasteiger partial charge on any atom is 0.227 e. The van der Waals surface area contributed by atoms with Crippen molar-refractivity contribution in [3.63, 3.8) is 0 Å². The molecule has 3 heterocycles. The molecule has 6 nitrogen and oxygen atoms in total. The third kappa shape index (κ3) is 5.73. The molecule has 0 aliphatic carbocycles. The van der Waals surface area contributed by atoms with Crippen LogP contribution in [0.25, 0.3) is 94.5 Å². The molecule has 60 heavy (non-hydrogen) atoms. The minimum absolute atomic E-state index is 0.610. The average Bonchev–Trinajstić information content (AvgIpc) is 4.04. The lowest BCUT2D eigenvalue weighted by Gasteiger charge is -2.26. The van der Waals surface area contributed by atoms with Gasteiger partial charge in [0.05, 0.1) is 11.0 Å². The maximum absolute atomic E-state index is 6.14. The number of fused-ring (bicyclic) bond motifs is 6. The van der Waals surface area contributed by atoms with Crippen LogP contribution in [0, 0.1) is 0 Å². The first-order chi connectivity index (χ1) is 29.7. The van der Waals surface area contributed by atoms with Crippen molar-refractivity contribution in [2.24, 2.45) is 0 Å². The molecule has 12 rings (SSSR count). The predicted octanol–water partition coefficient (Wildman–Crippen LogP) is 14.7. The molecule has 0 atom stereocenters. The number of nitrogens with zero attached hydrogens (tertiary/aromatic N) is 4. The van der Waals surface area contributed by atoms with Gasteiger partial charge in [-0.25, -0.2) is 9.97 Å². The molecule has 0 bridgehead atoms. The molecular weight excluding hydrogens is 737 g/mol. The van der Waals surface area contributed by atoms with Crippen LogP contribution in [-0.2, 0) is 0 Å². The third-order valence-corrected chi connectivity index (χ3v) is 11.5. The summed E-state index contributed by atoms with van der Waals surface area (Å²) in [7, 11) is 0. The number of rotatable bonds is 7. The van der Waals surface area contributed by atoms with Gasteiger partial charge in [0.1, 0.15) is 11.0 Å². The third-order valence-electron chi connectivity index (χ3n) is 11.5. The zero-order valence-corrected chi connectivity index (χ0v) is 32.2. The summed E-state index contributed by atoms with van der Waals surface area (Å²) in [6, 6.07) is 72.0. The Morgan fingerprint density at radius 1 is 0.367 bits per heavy atom. The van der Waals surface area contributed by atoms with E-state index in [1.165, 1.54) is 16.2 Å². The van der Waals surface area contributed by atoms with Gasteiger partial charge in [0, 0.05) is 44.6 Å². The minimum atomic E-state index is 0.610. The summed E-state index contributed by atoms with van der Waals surface area (Å²) in [5.74, 6) is 1.24. The Morgan fingerprint density at radius 2 is 0.883 bits per heavy atom. The molecule has 0 saturated heterocycles. The van der Waals surface area contributed by atoms with Crippen LogP contribution < -0.4 is 4.90 Å². The summed E-state index contributed by atoms with van der Waals surface area (Å²) >= 11 is 0. The molecular formula is C54H34N4O2. The quantitative estimate of drug-likeness (QED) is 0.161. The molecule has 12 aromatic rings. The van der Waals surface area contributed by atoms with Gasteiger partial charge in [0.2, 0.25) is 11.8 Å². The maximum atomic E-state index is 6.14. The fourth-order valence-electron chi connectivity index (χ4n) is 8.50. The number of oxazole rings is 2. The Morgan fingerprint density at radius 3 is 1.57 bits per heavy atom. The highest BCUT2D eigenvalue weighted by Crippen LogP contribution is 2.39. The molecule has 0 unspecified atom stereocenters. The van der Waals surface area contributed by atoms with Gasteiger partial charge in [-0.05, 0) is 131 Å². The van der Waals surface area contributed by atoms with E-state index in [-0.39, 0.29) is 0 Å². The highest BCUT2D eigenvalue weighted by molar-refractivity contribution is 6.10. The van der Waals surface area contributed by atoms with E-state index in [2.05, 4.69) is 167 Å². The van der Waals surface area contributed by atoms with Crippen molar-refractivity contribution in [2.75, 3.05) is 4.90 Å².